The first-order valence-electron chi connectivity index (χ1n) is 7.84. The first kappa shape index (κ1) is 19.9. The van der Waals surface area contributed by atoms with Gasteiger partial charge in [0.15, 0.2) is 0 Å². The zero-order valence-corrected chi connectivity index (χ0v) is 13.5. The van der Waals surface area contributed by atoms with Crippen LogP contribution >= 0.6 is 0 Å². The lowest BCUT2D eigenvalue weighted by molar-refractivity contribution is -0.192. The number of nitrogens with zero attached hydrogens (tertiary/aromatic N) is 2. The Balaban J connectivity index is 0.000000351. The zero-order valence-electron chi connectivity index (χ0n) is 13.5. The standard InChI is InChI=1S/C15H20N2.C2HF3O2/c1-2-3-4-5-6-7-15-14-12-16-10-8-13(14)9-11-17-15;3-2(4,5)1(6)7/h8-12H,2-7H2,1H3;(H,6,7). The summed E-state index contributed by atoms with van der Waals surface area (Å²) in [7, 11) is 0. The molecule has 0 aliphatic carbocycles. The van der Waals surface area contributed by atoms with Crippen LogP contribution in [-0.2, 0) is 11.2 Å². The number of halogens is 3. The Morgan fingerprint density at radius 1 is 1.12 bits per heavy atom. The molecule has 132 valence electrons. The fourth-order valence-corrected chi connectivity index (χ4v) is 2.16. The average Bonchev–Trinajstić information content (AvgIpc) is 2.54. The van der Waals surface area contributed by atoms with Gasteiger partial charge in [-0.2, -0.15) is 13.2 Å². The van der Waals surface area contributed by atoms with Gasteiger partial charge in [-0.25, -0.2) is 4.79 Å². The van der Waals surface area contributed by atoms with Crippen LogP contribution in [0.2, 0.25) is 0 Å². The molecule has 0 radical (unpaired) electrons. The number of aliphatic carboxylic acids is 1. The van der Waals surface area contributed by atoms with Gasteiger partial charge in [-0.05, 0) is 30.4 Å². The molecule has 0 unspecified atom stereocenters. The number of alkyl halides is 3. The summed E-state index contributed by atoms with van der Waals surface area (Å²) in [6, 6.07) is 4.11. The van der Waals surface area contributed by atoms with E-state index in [9.17, 15) is 13.2 Å². The first-order chi connectivity index (χ1) is 11.4. The van der Waals surface area contributed by atoms with Gasteiger partial charge in [-0.3, -0.25) is 9.97 Å². The number of unbranched alkanes of at least 4 members (excludes halogenated alkanes) is 4. The third-order valence-corrected chi connectivity index (χ3v) is 3.41. The van der Waals surface area contributed by atoms with Crippen molar-refractivity contribution >= 4 is 16.7 Å². The minimum atomic E-state index is -5.08. The predicted molar refractivity (Wildman–Crippen MR) is 85.7 cm³/mol. The van der Waals surface area contributed by atoms with E-state index in [2.05, 4.69) is 29.0 Å². The lowest BCUT2D eigenvalue weighted by atomic mass is 10.1. The van der Waals surface area contributed by atoms with E-state index in [-0.39, 0.29) is 0 Å². The Kier molecular flexibility index (Phi) is 8.15. The van der Waals surface area contributed by atoms with E-state index >= 15 is 0 Å². The molecular weight excluding hydrogens is 321 g/mol. The van der Waals surface area contributed by atoms with Gasteiger partial charge in [0.1, 0.15) is 0 Å². The molecule has 2 heterocycles. The minimum Gasteiger partial charge on any atom is -0.475 e. The summed E-state index contributed by atoms with van der Waals surface area (Å²) >= 11 is 0. The molecule has 4 nitrogen and oxygen atoms in total. The second-order valence-corrected chi connectivity index (χ2v) is 5.32. The van der Waals surface area contributed by atoms with Gasteiger partial charge >= 0.3 is 12.1 Å². The monoisotopic (exact) mass is 342 g/mol. The highest BCUT2D eigenvalue weighted by Gasteiger charge is 2.38. The lowest BCUT2D eigenvalue weighted by Crippen LogP contribution is -2.21. The predicted octanol–water partition coefficient (Wildman–Crippen LogP) is 4.78. The van der Waals surface area contributed by atoms with Crippen molar-refractivity contribution in [3.8, 4) is 0 Å². The van der Waals surface area contributed by atoms with Crippen molar-refractivity contribution in [1.82, 2.24) is 9.97 Å². The highest BCUT2D eigenvalue weighted by molar-refractivity contribution is 5.83. The van der Waals surface area contributed by atoms with Crippen LogP contribution in [0.1, 0.15) is 44.7 Å². The number of carboxylic acid groups (broad SMARTS) is 1. The third kappa shape index (κ3) is 6.93. The van der Waals surface area contributed by atoms with Gasteiger partial charge in [-0.1, -0.05) is 32.6 Å². The smallest absolute Gasteiger partial charge is 0.475 e. The van der Waals surface area contributed by atoms with Crippen LogP contribution in [0, 0.1) is 0 Å². The summed E-state index contributed by atoms with van der Waals surface area (Å²) in [6.45, 7) is 2.25. The van der Waals surface area contributed by atoms with Crippen molar-refractivity contribution in [1.29, 1.82) is 0 Å². The molecule has 2 aromatic heterocycles. The van der Waals surface area contributed by atoms with Crippen LogP contribution in [0.15, 0.2) is 30.7 Å². The maximum Gasteiger partial charge on any atom is 0.490 e. The van der Waals surface area contributed by atoms with Crippen LogP contribution in [0.4, 0.5) is 13.2 Å². The lowest BCUT2D eigenvalue weighted by Gasteiger charge is -2.04. The van der Waals surface area contributed by atoms with Crippen LogP contribution < -0.4 is 0 Å². The summed E-state index contributed by atoms with van der Waals surface area (Å²) in [5, 5.41) is 9.59. The summed E-state index contributed by atoms with van der Waals surface area (Å²) < 4.78 is 31.7. The highest BCUT2D eigenvalue weighted by Crippen LogP contribution is 2.17. The summed E-state index contributed by atoms with van der Waals surface area (Å²) in [5.74, 6) is -2.76. The van der Waals surface area contributed by atoms with E-state index in [0.29, 0.717) is 0 Å². The molecule has 0 bridgehead atoms. The van der Waals surface area contributed by atoms with E-state index in [0.717, 1.165) is 6.42 Å². The third-order valence-electron chi connectivity index (χ3n) is 3.41. The number of hydrogen-bond acceptors (Lipinski definition) is 3. The molecular formula is C17H21F3N2O2. The van der Waals surface area contributed by atoms with Crippen molar-refractivity contribution in [3.05, 3.63) is 36.4 Å². The molecule has 0 aliphatic heterocycles. The van der Waals surface area contributed by atoms with Gasteiger partial charge in [0, 0.05) is 29.7 Å². The Bertz CT molecular complexity index is 640. The first-order valence-corrected chi connectivity index (χ1v) is 7.84. The molecule has 1 N–H and O–H groups in total. The fraction of sp³-hybridized carbons (Fsp3) is 0.471. The average molecular weight is 342 g/mol. The fourth-order valence-electron chi connectivity index (χ4n) is 2.16. The summed E-state index contributed by atoms with van der Waals surface area (Å²) in [4.78, 5) is 17.6. The summed E-state index contributed by atoms with van der Waals surface area (Å²) in [6.07, 6.45) is 8.22. The van der Waals surface area contributed by atoms with Crippen molar-refractivity contribution in [2.45, 2.75) is 51.6 Å². The van der Waals surface area contributed by atoms with Crippen molar-refractivity contribution in [2.24, 2.45) is 0 Å². The van der Waals surface area contributed by atoms with Gasteiger partial charge in [-0.15, -0.1) is 0 Å². The maximum atomic E-state index is 10.6. The normalized spacial score (nSPS) is 11.0. The van der Waals surface area contributed by atoms with Gasteiger partial charge in [0.25, 0.3) is 0 Å². The molecule has 7 heteroatoms. The molecule has 24 heavy (non-hydrogen) atoms. The van der Waals surface area contributed by atoms with Crippen molar-refractivity contribution in [2.75, 3.05) is 0 Å². The van der Waals surface area contributed by atoms with Crippen molar-refractivity contribution in [3.63, 3.8) is 0 Å². The Morgan fingerprint density at radius 3 is 2.38 bits per heavy atom. The quantitative estimate of drug-likeness (QED) is 0.768. The Hall–Kier alpha value is -2.18. The van der Waals surface area contributed by atoms with Gasteiger partial charge in [0.2, 0.25) is 0 Å². The largest absolute Gasteiger partial charge is 0.490 e. The van der Waals surface area contributed by atoms with E-state index in [1.54, 1.807) is 0 Å². The second-order valence-electron chi connectivity index (χ2n) is 5.32. The van der Waals surface area contributed by atoms with Crippen LogP contribution in [0.5, 0.6) is 0 Å². The maximum absolute atomic E-state index is 10.6. The molecule has 0 fully saturated rings. The number of aryl methyl sites for hydroxylation is 1. The highest BCUT2D eigenvalue weighted by atomic mass is 19.4. The molecule has 0 amide bonds. The topological polar surface area (TPSA) is 63.1 Å². The van der Waals surface area contributed by atoms with Crippen LogP contribution in [0.25, 0.3) is 10.8 Å². The molecule has 2 aromatic rings. The van der Waals surface area contributed by atoms with Crippen molar-refractivity contribution < 1.29 is 23.1 Å². The number of rotatable bonds is 6. The number of aromatic nitrogens is 2. The molecule has 0 atom stereocenters. The van der Waals surface area contributed by atoms with E-state index in [1.807, 2.05) is 18.6 Å². The number of hydrogen-bond donors (Lipinski definition) is 1. The van der Waals surface area contributed by atoms with E-state index in [4.69, 9.17) is 9.90 Å². The second kappa shape index (κ2) is 9.85. The number of pyridine rings is 2. The van der Waals surface area contributed by atoms with Crippen LogP contribution in [-0.4, -0.2) is 27.2 Å². The van der Waals surface area contributed by atoms with Gasteiger partial charge < -0.3 is 5.11 Å². The molecule has 0 spiro atoms. The zero-order chi connectivity index (χ0) is 18.0. The van der Waals surface area contributed by atoms with Crippen LogP contribution in [0.3, 0.4) is 0 Å². The molecule has 0 saturated carbocycles. The molecule has 0 aromatic carbocycles. The Morgan fingerprint density at radius 2 is 1.75 bits per heavy atom. The number of fused-ring (bicyclic) bond motifs is 1. The number of carboxylic acids is 1. The molecule has 0 saturated heterocycles. The van der Waals surface area contributed by atoms with Gasteiger partial charge in [0.05, 0.1) is 0 Å². The number of carbonyl (C=O) groups is 1. The minimum absolute atomic E-state index is 1.08. The Labute approximate surface area is 138 Å². The SMILES string of the molecule is CCCCCCCc1nccc2ccncc12.O=C(O)C(F)(F)F. The van der Waals surface area contributed by atoms with E-state index in [1.165, 1.54) is 48.6 Å². The molecule has 0 aliphatic rings. The molecule has 2 rings (SSSR count). The summed E-state index contributed by atoms with van der Waals surface area (Å²) in [5.41, 5.74) is 1.20. The van der Waals surface area contributed by atoms with E-state index < -0.39 is 12.1 Å².